The monoisotopic (exact) mass is 411 g/mol. The summed E-state index contributed by atoms with van der Waals surface area (Å²) in [5, 5.41) is 9.65. The molecule has 0 spiro atoms. The average Bonchev–Trinajstić information content (AvgIpc) is 2.94. The predicted octanol–water partition coefficient (Wildman–Crippen LogP) is 4.03. The zero-order valence-corrected chi connectivity index (χ0v) is 17.3. The molecule has 140 valence electrons. The fourth-order valence-electron chi connectivity index (χ4n) is 3.05. The van der Waals surface area contributed by atoms with E-state index in [2.05, 4.69) is 40.3 Å². The van der Waals surface area contributed by atoms with Gasteiger partial charge in [-0.2, -0.15) is 5.10 Å². The van der Waals surface area contributed by atoms with Gasteiger partial charge in [-0.15, -0.1) is 0 Å². The van der Waals surface area contributed by atoms with Crippen molar-refractivity contribution < 1.29 is 0 Å². The lowest BCUT2D eigenvalue weighted by molar-refractivity contribution is 0.176. The van der Waals surface area contributed by atoms with Crippen LogP contribution >= 0.6 is 35.4 Å². The van der Waals surface area contributed by atoms with E-state index in [-0.39, 0.29) is 0 Å². The maximum atomic E-state index is 6.05. The van der Waals surface area contributed by atoms with Crippen LogP contribution in [0.3, 0.4) is 0 Å². The van der Waals surface area contributed by atoms with Crippen LogP contribution in [0.4, 0.5) is 5.69 Å². The molecule has 2 aromatic rings. The Bertz CT molecular complexity index is 764. The number of hydrogen-bond donors (Lipinski definition) is 1. The smallest absolute Gasteiger partial charge is 0.173 e. The lowest BCUT2D eigenvalue weighted by Crippen LogP contribution is -2.49. The van der Waals surface area contributed by atoms with E-state index >= 15 is 0 Å². The lowest BCUT2D eigenvalue weighted by Gasteiger charge is -2.36. The molecule has 0 amide bonds. The van der Waals surface area contributed by atoms with Crippen molar-refractivity contribution >= 4 is 46.2 Å². The number of thiocarbonyl (C=S) groups is 1. The molecule has 2 heterocycles. The molecule has 5 nitrogen and oxygen atoms in total. The van der Waals surface area contributed by atoms with Gasteiger partial charge in [-0.1, -0.05) is 23.2 Å². The molecular formula is C18H23Cl2N5S. The second-order valence-electron chi connectivity index (χ2n) is 6.45. The Morgan fingerprint density at radius 1 is 1.15 bits per heavy atom. The summed E-state index contributed by atoms with van der Waals surface area (Å²) >= 11 is 17.6. The van der Waals surface area contributed by atoms with Crippen LogP contribution < -0.4 is 5.32 Å². The van der Waals surface area contributed by atoms with Gasteiger partial charge in [0, 0.05) is 66.8 Å². The summed E-state index contributed by atoms with van der Waals surface area (Å²) in [6, 6.07) is 5.35. The number of halogens is 2. The molecule has 0 atom stereocenters. The fraction of sp³-hybridized carbons (Fsp3) is 0.444. The molecule has 1 N–H and O–H groups in total. The van der Waals surface area contributed by atoms with Crippen molar-refractivity contribution in [1.29, 1.82) is 0 Å². The number of aryl methyl sites for hydroxylation is 2. The summed E-state index contributed by atoms with van der Waals surface area (Å²) in [4.78, 5) is 4.63. The maximum Gasteiger partial charge on any atom is 0.173 e. The Hall–Kier alpha value is -1.34. The molecule has 1 saturated heterocycles. The molecule has 0 bridgehead atoms. The van der Waals surface area contributed by atoms with Crippen LogP contribution in [0.15, 0.2) is 24.4 Å². The third-order valence-electron chi connectivity index (χ3n) is 4.54. The van der Waals surface area contributed by atoms with Gasteiger partial charge in [0.2, 0.25) is 0 Å². The van der Waals surface area contributed by atoms with Gasteiger partial charge in [0.25, 0.3) is 0 Å². The molecule has 26 heavy (non-hydrogen) atoms. The molecule has 3 rings (SSSR count). The summed E-state index contributed by atoms with van der Waals surface area (Å²) in [5.41, 5.74) is 3.23. The van der Waals surface area contributed by atoms with E-state index in [1.165, 1.54) is 5.56 Å². The van der Waals surface area contributed by atoms with Crippen molar-refractivity contribution in [3.05, 3.63) is 45.7 Å². The van der Waals surface area contributed by atoms with E-state index in [4.69, 9.17) is 35.4 Å². The molecule has 1 aromatic carbocycles. The molecule has 0 aliphatic carbocycles. The average molecular weight is 412 g/mol. The van der Waals surface area contributed by atoms with Crippen molar-refractivity contribution in [1.82, 2.24) is 19.6 Å². The van der Waals surface area contributed by atoms with Crippen molar-refractivity contribution in [3.63, 3.8) is 0 Å². The van der Waals surface area contributed by atoms with E-state index < -0.39 is 0 Å². The van der Waals surface area contributed by atoms with Gasteiger partial charge < -0.3 is 10.2 Å². The van der Waals surface area contributed by atoms with Crippen LogP contribution in [0.1, 0.15) is 18.2 Å². The first-order valence-corrected chi connectivity index (χ1v) is 9.88. The van der Waals surface area contributed by atoms with Crippen LogP contribution in [0, 0.1) is 6.92 Å². The topological polar surface area (TPSA) is 36.3 Å². The normalized spacial score (nSPS) is 15.3. The van der Waals surface area contributed by atoms with Crippen molar-refractivity contribution in [2.75, 3.05) is 31.5 Å². The van der Waals surface area contributed by atoms with E-state index in [9.17, 15) is 0 Å². The third-order valence-corrected chi connectivity index (χ3v) is 5.34. The van der Waals surface area contributed by atoms with Gasteiger partial charge in [-0.05, 0) is 44.3 Å². The zero-order valence-electron chi connectivity index (χ0n) is 15.0. The first-order chi connectivity index (χ1) is 12.4. The molecule has 1 aliphatic heterocycles. The molecule has 0 saturated carbocycles. The van der Waals surface area contributed by atoms with Crippen LogP contribution in [0.25, 0.3) is 0 Å². The second kappa shape index (κ2) is 8.57. The van der Waals surface area contributed by atoms with Crippen molar-refractivity contribution in [2.24, 2.45) is 0 Å². The number of piperazine rings is 1. The Morgan fingerprint density at radius 3 is 2.38 bits per heavy atom. The minimum atomic E-state index is 0.593. The highest BCUT2D eigenvalue weighted by atomic mass is 35.5. The highest BCUT2D eigenvalue weighted by Gasteiger charge is 2.20. The number of anilines is 1. The third kappa shape index (κ3) is 4.88. The summed E-state index contributed by atoms with van der Waals surface area (Å²) in [6.07, 6.45) is 2.15. The maximum absolute atomic E-state index is 6.05. The Balaban J connectivity index is 1.52. The highest BCUT2D eigenvalue weighted by Crippen LogP contribution is 2.23. The first kappa shape index (κ1) is 19.4. The van der Waals surface area contributed by atoms with Gasteiger partial charge in [-0.25, -0.2) is 0 Å². The Morgan fingerprint density at radius 2 is 1.81 bits per heavy atom. The summed E-state index contributed by atoms with van der Waals surface area (Å²) in [7, 11) is 0. The van der Waals surface area contributed by atoms with Gasteiger partial charge in [0.05, 0.1) is 5.69 Å². The summed E-state index contributed by atoms with van der Waals surface area (Å²) in [5.74, 6) is 0. The molecule has 1 fully saturated rings. The standard InChI is InChI=1S/C18H23Cl2N5S/c1-3-25-12-14(13(2)22-25)11-23-4-6-24(7-5-23)18(26)21-17-9-15(19)8-16(20)10-17/h8-10,12H,3-7,11H2,1-2H3,(H,21,26). The first-order valence-electron chi connectivity index (χ1n) is 8.72. The van der Waals surface area contributed by atoms with Gasteiger partial charge in [0.15, 0.2) is 5.11 Å². The molecule has 1 aromatic heterocycles. The molecular weight excluding hydrogens is 389 g/mol. The number of rotatable bonds is 4. The molecule has 0 radical (unpaired) electrons. The number of benzene rings is 1. The second-order valence-corrected chi connectivity index (χ2v) is 7.71. The fourth-order valence-corrected chi connectivity index (χ4v) is 3.88. The van der Waals surface area contributed by atoms with E-state index in [0.717, 1.165) is 50.6 Å². The quantitative estimate of drug-likeness (QED) is 0.768. The van der Waals surface area contributed by atoms with E-state index in [0.29, 0.717) is 15.2 Å². The Labute approximate surface area is 169 Å². The van der Waals surface area contributed by atoms with Crippen molar-refractivity contribution in [3.8, 4) is 0 Å². The van der Waals surface area contributed by atoms with E-state index in [1.54, 1.807) is 6.07 Å². The van der Waals surface area contributed by atoms with E-state index in [1.807, 2.05) is 16.8 Å². The van der Waals surface area contributed by atoms with Crippen LogP contribution in [0.2, 0.25) is 10.0 Å². The molecule has 8 heteroatoms. The lowest BCUT2D eigenvalue weighted by atomic mass is 10.2. The molecule has 1 aliphatic rings. The minimum Gasteiger partial charge on any atom is -0.346 e. The van der Waals surface area contributed by atoms with Gasteiger partial charge in [0.1, 0.15) is 0 Å². The zero-order chi connectivity index (χ0) is 18.7. The number of nitrogens with zero attached hydrogens (tertiary/aromatic N) is 4. The van der Waals surface area contributed by atoms with Gasteiger partial charge in [-0.3, -0.25) is 9.58 Å². The summed E-state index contributed by atoms with van der Waals surface area (Å²) < 4.78 is 2.00. The molecule has 0 unspecified atom stereocenters. The SMILES string of the molecule is CCn1cc(CN2CCN(C(=S)Nc3cc(Cl)cc(Cl)c3)CC2)c(C)n1. The van der Waals surface area contributed by atoms with Crippen molar-refractivity contribution in [2.45, 2.75) is 26.9 Å². The van der Waals surface area contributed by atoms with Gasteiger partial charge >= 0.3 is 0 Å². The minimum absolute atomic E-state index is 0.593. The summed E-state index contributed by atoms with van der Waals surface area (Å²) in [6.45, 7) is 9.74. The number of aromatic nitrogens is 2. The Kier molecular flexibility index (Phi) is 6.40. The van der Waals surface area contributed by atoms with Crippen LogP contribution in [0.5, 0.6) is 0 Å². The van der Waals surface area contributed by atoms with Crippen LogP contribution in [-0.2, 0) is 13.1 Å². The largest absolute Gasteiger partial charge is 0.346 e. The number of nitrogens with one attached hydrogen (secondary N) is 1. The number of hydrogen-bond acceptors (Lipinski definition) is 3. The highest BCUT2D eigenvalue weighted by molar-refractivity contribution is 7.80. The predicted molar refractivity (Wildman–Crippen MR) is 112 cm³/mol. The van der Waals surface area contributed by atoms with Crippen LogP contribution in [-0.4, -0.2) is 50.9 Å².